The van der Waals surface area contributed by atoms with Crippen LogP contribution < -0.4 is 10.3 Å². The Morgan fingerprint density at radius 2 is 1.89 bits per heavy atom. The molecular formula is C21H24FN3O3. The van der Waals surface area contributed by atoms with Crippen molar-refractivity contribution in [3.8, 4) is 5.75 Å². The molecule has 7 heteroatoms. The van der Waals surface area contributed by atoms with Crippen molar-refractivity contribution in [1.82, 2.24) is 14.9 Å². The number of aromatic amines is 1. The number of aromatic nitrogens is 2. The highest BCUT2D eigenvalue weighted by Crippen LogP contribution is 2.13. The fraction of sp³-hybridized carbons (Fsp3) is 0.333. The average molecular weight is 385 g/mol. The molecule has 0 amide bonds. The molecule has 2 aromatic carbocycles. The molecule has 1 unspecified atom stereocenters. The quantitative estimate of drug-likeness (QED) is 0.623. The number of ether oxygens (including phenoxy) is 1. The lowest BCUT2D eigenvalue weighted by Gasteiger charge is -2.28. The van der Waals surface area contributed by atoms with Crippen LogP contribution in [0.4, 0.5) is 4.39 Å². The van der Waals surface area contributed by atoms with Gasteiger partial charge in [0, 0.05) is 12.6 Å². The van der Waals surface area contributed by atoms with E-state index < -0.39 is 6.10 Å². The molecule has 1 aromatic heterocycles. The Morgan fingerprint density at radius 3 is 2.61 bits per heavy atom. The van der Waals surface area contributed by atoms with Gasteiger partial charge in [-0.3, -0.25) is 9.69 Å². The smallest absolute Gasteiger partial charge is 0.258 e. The first-order valence-electron chi connectivity index (χ1n) is 9.21. The third kappa shape index (κ3) is 5.15. The van der Waals surface area contributed by atoms with Crippen LogP contribution in [0.25, 0.3) is 10.9 Å². The van der Waals surface area contributed by atoms with Gasteiger partial charge in [-0.25, -0.2) is 9.37 Å². The first kappa shape index (κ1) is 20.0. The molecule has 0 saturated heterocycles. The fourth-order valence-electron chi connectivity index (χ4n) is 2.91. The van der Waals surface area contributed by atoms with Gasteiger partial charge in [-0.05, 0) is 50.2 Å². The van der Waals surface area contributed by atoms with Crippen LogP contribution in [0, 0.1) is 5.82 Å². The monoisotopic (exact) mass is 385 g/mol. The number of benzene rings is 2. The van der Waals surface area contributed by atoms with Gasteiger partial charge in [0.1, 0.15) is 30.1 Å². The second-order valence-electron chi connectivity index (χ2n) is 6.97. The normalized spacial score (nSPS) is 12.6. The van der Waals surface area contributed by atoms with E-state index in [0.717, 1.165) is 0 Å². The molecule has 1 heterocycles. The molecule has 3 rings (SSSR count). The number of nitrogens with zero attached hydrogens (tertiary/aromatic N) is 2. The van der Waals surface area contributed by atoms with Crippen molar-refractivity contribution in [3.63, 3.8) is 0 Å². The minimum atomic E-state index is -0.750. The van der Waals surface area contributed by atoms with Crippen LogP contribution in [0.1, 0.15) is 19.7 Å². The number of H-pyrrole nitrogens is 1. The van der Waals surface area contributed by atoms with Crippen LogP contribution in [0.5, 0.6) is 5.75 Å². The van der Waals surface area contributed by atoms with Gasteiger partial charge in [0.05, 0.1) is 17.4 Å². The Bertz CT molecular complexity index is 973. The first-order valence-corrected chi connectivity index (χ1v) is 9.21. The zero-order chi connectivity index (χ0) is 20.1. The number of hydrogen-bond donors (Lipinski definition) is 2. The molecule has 0 radical (unpaired) electrons. The summed E-state index contributed by atoms with van der Waals surface area (Å²) in [6.45, 7) is 4.83. The second kappa shape index (κ2) is 8.95. The summed E-state index contributed by atoms with van der Waals surface area (Å²) in [6, 6.07) is 13.0. The summed E-state index contributed by atoms with van der Waals surface area (Å²) in [5.41, 5.74) is 0.467. The lowest BCUT2D eigenvalue weighted by Crippen LogP contribution is -2.40. The predicted molar refractivity (Wildman–Crippen MR) is 106 cm³/mol. The third-order valence-corrected chi connectivity index (χ3v) is 4.45. The molecule has 0 aliphatic rings. The number of aliphatic hydroxyl groups is 1. The minimum absolute atomic E-state index is 0.0799. The maximum atomic E-state index is 12.9. The molecule has 0 aliphatic heterocycles. The van der Waals surface area contributed by atoms with Gasteiger partial charge >= 0.3 is 0 Å². The summed E-state index contributed by atoms with van der Waals surface area (Å²) >= 11 is 0. The van der Waals surface area contributed by atoms with E-state index in [-0.39, 0.29) is 24.0 Å². The molecule has 0 spiro atoms. The average Bonchev–Trinajstić information content (AvgIpc) is 2.67. The van der Waals surface area contributed by atoms with E-state index in [1.165, 1.54) is 24.3 Å². The van der Waals surface area contributed by atoms with E-state index >= 15 is 0 Å². The molecule has 0 bridgehead atoms. The van der Waals surface area contributed by atoms with Crippen LogP contribution in [-0.4, -0.2) is 45.3 Å². The van der Waals surface area contributed by atoms with Crippen LogP contribution >= 0.6 is 0 Å². The fourth-order valence-corrected chi connectivity index (χ4v) is 2.91. The third-order valence-electron chi connectivity index (χ3n) is 4.45. The number of rotatable bonds is 8. The highest BCUT2D eigenvalue weighted by atomic mass is 19.1. The van der Waals surface area contributed by atoms with Crippen molar-refractivity contribution < 1.29 is 14.2 Å². The zero-order valence-electron chi connectivity index (χ0n) is 15.9. The lowest BCUT2D eigenvalue weighted by molar-refractivity contribution is 0.0532. The van der Waals surface area contributed by atoms with Crippen molar-refractivity contribution in [2.45, 2.75) is 32.5 Å². The Labute approximate surface area is 162 Å². The minimum Gasteiger partial charge on any atom is -0.491 e. The Morgan fingerprint density at radius 1 is 1.18 bits per heavy atom. The van der Waals surface area contributed by atoms with E-state index in [9.17, 15) is 14.3 Å². The van der Waals surface area contributed by atoms with Crippen molar-refractivity contribution in [2.75, 3.05) is 13.2 Å². The Kier molecular flexibility index (Phi) is 6.38. The summed E-state index contributed by atoms with van der Waals surface area (Å²) in [7, 11) is 0. The van der Waals surface area contributed by atoms with Gasteiger partial charge < -0.3 is 14.8 Å². The van der Waals surface area contributed by atoms with Crippen molar-refractivity contribution in [2.24, 2.45) is 0 Å². The van der Waals surface area contributed by atoms with Crippen LogP contribution in [0.2, 0.25) is 0 Å². The molecule has 0 saturated carbocycles. The van der Waals surface area contributed by atoms with E-state index in [0.29, 0.717) is 35.6 Å². The number of hydrogen-bond acceptors (Lipinski definition) is 5. The summed E-state index contributed by atoms with van der Waals surface area (Å²) < 4.78 is 18.5. The molecule has 1 atom stereocenters. The van der Waals surface area contributed by atoms with Crippen molar-refractivity contribution in [1.29, 1.82) is 0 Å². The molecule has 0 aliphatic carbocycles. The molecule has 0 fully saturated rings. The summed E-state index contributed by atoms with van der Waals surface area (Å²) in [4.78, 5) is 21.6. The van der Waals surface area contributed by atoms with Gasteiger partial charge in [-0.2, -0.15) is 0 Å². The van der Waals surface area contributed by atoms with Crippen LogP contribution in [0.3, 0.4) is 0 Å². The molecule has 2 N–H and O–H groups in total. The highest BCUT2D eigenvalue weighted by Gasteiger charge is 2.17. The van der Waals surface area contributed by atoms with Crippen molar-refractivity contribution in [3.05, 3.63) is 70.5 Å². The number of nitrogens with one attached hydrogen (secondary N) is 1. The number of para-hydroxylation sites is 1. The summed E-state index contributed by atoms with van der Waals surface area (Å²) in [6.07, 6.45) is -0.750. The maximum absolute atomic E-state index is 12.9. The van der Waals surface area contributed by atoms with E-state index in [1.807, 2.05) is 24.8 Å². The SMILES string of the molecule is CC(C)N(Cc1nc2ccccc2c(=O)[nH]1)CC(O)COc1ccc(F)cc1. The summed E-state index contributed by atoms with van der Waals surface area (Å²) in [5, 5.41) is 10.9. The van der Waals surface area contributed by atoms with Gasteiger partial charge in [0.25, 0.3) is 5.56 Å². The molecular weight excluding hydrogens is 361 g/mol. The number of halogens is 1. The second-order valence-corrected chi connectivity index (χ2v) is 6.97. The molecule has 148 valence electrons. The molecule has 6 nitrogen and oxygen atoms in total. The molecule has 28 heavy (non-hydrogen) atoms. The largest absolute Gasteiger partial charge is 0.491 e. The Hall–Kier alpha value is -2.77. The highest BCUT2D eigenvalue weighted by molar-refractivity contribution is 5.77. The number of fused-ring (bicyclic) bond motifs is 1. The van der Waals surface area contributed by atoms with Crippen LogP contribution in [0.15, 0.2) is 53.3 Å². The van der Waals surface area contributed by atoms with Gasteiger partial charge in [-0.15, -0.1) is 0 Å². The summed E-state index contributed by atoms with van der Waals surface area (Å²) in [5.74, 6) is 0.705. The zero-order valence-corrected chi connectivity index (χ0v) is 15.9. The topological polar surface area (TPSA) is 78.5 Å². The van der Waals surface area contributed by atoms with E-state index in [4.69, 9.17) is 4.74 Å². The van der Waals surface area contributed by atoms with Gasteiger partial charge in [0.2, 0.25) is 0 Å². The van der Waals surface area contributed by atoms with E-state index in [1.54, 1.807) is 18.2 Å². The molecule has 3 aromatic rings. The van der Waals surface area contributed by atoms with Gasteiger partial charge in [0.15, 0.2) is 0 Å². The predicted octanol–water partition coefficient (Wildman–Crippen LogP) is 2.71. The number of aliphatic hydroxyl groups excluding tert-OH is 1. The Balaban J connectivity index is 1.64. The first-order chi connectivity index (χ1) is 13.4. The standard InChI is InChI=1S/C21H24FN3O3/c1-14(2)25(11-16(26)13-28-17-9-7-15(22)8-10-17)12-20-23-19-6-4-3-5-18(19)21(27)24-20/h3-10,14,16,26H,11-13H2,1-2H3,(H,23,24,27). The van der Waals surface area contributed by atoms with Crippen LogP contribution in [-0.2, 0) is 6.54 Å². The van der Waals surface area contributed by atoms with Crippen molar-refractivity contribution >= 4 is 10.9 Å². The lowest BCUT2D eigenvalue weighted by atomic mass is 10.2. The van der Waals surface area contributed by atoms with Gasteiger partial charge in [-0.1, -0.05) is 12.1 Å². The van der Waals surface area contributed by atoms with E-state index in [2.05, 4.69) is 9.97 Å². The maximum Gasteiger partial charge on any atom is 0.258 e.